The molecule has 0 saturated heterocycles. The molecule has 0 radical (unpaired) electrons. The Labute approximate surface area is 98.1 Å². The van der Waals surface area contributed by atoms with Gasteiger partial charge < -0.3 is 10.2 Å². The predicted octanol–water partition coefficient (Wildman–Crippen LogP) is 1.82. The molecule has 0 aliphatic carbocycles. The van der Waals surface area contributed by atoms with Crippen molar-refractivity contribution in [2.75, 3.05) is 19.0 Å². The highest BCUT2D eigenvalue weighted by atomic mass is 15.2. The lowest BCUT2D eigenvalue weighted by atomic mass is 10.2. The first-order valence-electron chi connectivity index (χ1n) is 5.87. The SMILES string of the molecule is CCCC(C)N(C)c1cnc(CNC)cn1. The quantitative estimate of drug-likeness (QED) is 0.797. The number of aromatic nitrogens is 2. The number of hydrogen-bond acceptors (Lipinski definition) is 4. The van der Waals surface area contributed by atoms with Crippen LogP contribution in [-0.4, -0.2) is 30.1 Å². The fraction of sp³-hybridized carbons (Fsp3) is 0.667. The summed E-state index contributed by atoms with van der Waals surface area (Å²) in [6.07, 6.45) is 6.05. The summed E-state index contributed by atoms with van der Waals surface area (Å²) in [6.45, 7) is 5.18. The van der Waals surface area contributed by atoms with E-state index in [0.717, 1.165) is 18.1 Å². The minimum Gasteiger partial charge on any atom is -0.356 e. The number of nitrogens with zero attached hydrogens (tertiary/aromatic N) is 3. The van der Waals surface area contributed by atoms with Gasteiger partial charge in [0, 0.05) is 19.6 Å². The molecule has 1 unspecified atom stereocenters. The molecule has 0 saturated carbocycles. The summed E-state index contributed by atoms with van der Waals surface area (Å²) in [7, 11) is 3.98. The van der Waals surface area contributed by atoms with Gasteiger partial charge in [-0.25, -0.2) is 4.98 Å². The Hall–Kier alpha value is -1.16. The van der Waals surface area contributed by atoms with Gasteiger partial charge in [0.1, 0.15) is 5.82 Å². The molecule has 0 bridgehead atoms. The second kappa shape index (κ2) is 6.43. The number of anilines is 1. The van der Waals surface area contributed by atoms with Crippen molar-refractivity contribution in [2.45, 2.75) is 39.3 Å². The minimum absolute atomic E-state index is 0.509. The van der Waals surface area contributed by atoms with Crippen molar-refractivity contribution >= 4 is 5.82 Å². The van der Waals surface area contributed by atoms with Gasteiger partial charge in [0.05, 0.1) is 18.1 Å². The molecule has 90 valence electrons. The highest BCUT2D eigenvalue weighted by molar-refractivity contribution is 5.35. The normalized spacial score (nSPS) is 12.5. The van der Waals surface area contributed by atoms with Crippen LogP contribution in [0, 0.1) is 0 Å². The third kappa shape index (κ3) is 3.45. The standard InChI is InChI=1S/C12H22N4/c1-5-6-10(2)16(4)12-9-14-11(7-13-3)8-15-12/h8-10,13H,5-7H2,1-4H3. The van der Waals surface area contributed by atoms with E-state index in [1.807, 2.05) is 19.4 Å². The second-order valence-electron chi connectivity index (χ2n) is 4.14. The zero-order valence-corrected chi connectivity index (χ0v) is 10.7. The number of rotatable bonds is 6. The number of hydrogen-bond donors (Lipinski definition) is 1. The smallest absolute Gasteiger partial charge is 0.147 e. The summed E-state index contributed by atoms with van der Waals surface area (Å²) < 4.78 is 0. The zero-order chi connectivity index (χ0) is 12.0. The monoisotopic (exact) mass is 222 g/mol. The maximum atomic E-state index is 4.42. The van der Waals surface area contributed by atoms with E-state index in [0.29, 0.717) is 6.04 Å². The molecule has 1 heterocycles. The molecular formula is C12H22N4. The third-order valence-electron chi connectivity index (χ3n) is 2.78. The Kier molecular flexibility index (Phi) is 5.19. The molecule has 4 nitrogen and oxygen atoms in total. The lowest BCUT2D eigenvalue weighted by molar-refractivity contribution is 0.609. The first kappa shape index (κ1) is 12.9. The van der Waals surface area contributed by atoms with Crippen LogP contribution in [0.2, 0.25) is 0 Å². The van der Waals surface area contributed by atoms with Crippen LogP contribution in [0.25, 0.3) is 0 Å². The summed E-state index contributed by atoms with van der Waals surface area (Å²) in [6, 6.07) is 0.509. The topological polar surface area (TPSA) is 41.1 Å². The molecule has 0 fully saturated rings. The van der Waals surface area contributed by atoms with Crippen molar-refractivity contribution in [1.82, 2.24) is 15.3 Å². The Morgan fingerprint density at radius 3 is 2.62 bits per heavy atom. The summed E-state index contributed by atoms with van der Waals surface area (Å²) in [4.78, 5) is 11.0. The molecule has 1 aromatic heterocycles. The Morgan fingerprint density at radius 2 is 2.12 bits per heavy atom. The molecule has 0 aromatic carbocycles. The van der Waals surface area contributed by atoms with Crippen LogP contribution >= 0.6 is 0 Å². The zero-order valence-electron chi connectivity index (χ0n) is 10.7. The van der Waals surface area contributed by atoms with Gasteiger partial charge in [-0.3, -0.25) is 4.98 Å². The first-order chi connectivity index (χ1) is 7.69. The summed E-state index contributed by atoms with van der Waals surface area (Å²) >= 11 is 0. The number of nitrogens with one attached hydrogen (secondary N) is 1. The van der Waals surface area contributed by atoms with Crippen molar-refractivity contribution in [3.8, 4) is 0 Å². The van der Waals surface area contributed by atoms with Gasteiger partial charge >= 0.3 is 0 Å². The molecule has 1 atom stereocenters. The molecule has 1 rings (SSSR count). The first-order valence-corrected chi connectivity index (χ1v) is 5.87. The van der Waals surface area contributed by atoms with Crippen LogP contribution in [0.3, 0.4) is 0 Å². The van der Waals surface area contributed by atoms with Gasteiger partial charge in [-0.05, 0) is 20.4 Å². The van der Waals surface area contributed by atoms with Crippen molar-refractivity contribution in [3.63, 3.8) is 0 Å². The van der Waals surface area contributed by atoms with Crippen LogP contribution in [0.15, 0.2) is 12.4 Å². The fourth-order valence-corrected chi connectivity index (χ4v) is 1.64. The van der Waals surface area contributed by atoms with E-state index in [2.05, 4.69) is 41.1 Å². The third-order valence-corrected chi connectivity index (χ3v) is 2.78. The predicted molar refractivity (Wildman–Crippen MR) is 67.6 cm³/mol. The van der Waals surface area contributed by atoms with Crippen LogP contribution in [-0.2, 0) is 6.54 Å². The minimum atomic E-state index is 0.509. The molecule has 1 N–H and O–H groups in total. The van der Waals surface area contributed by atoms with E-state index >= 15 is 0 Å². The van der Waals surface area contributed by atoms with Crippen molar-refractivity contribution in [2.24, 2.45) is 0 Å². The molecule has 0 aliphatic heterocycles. The van der Waals surface area contributed by atoms with Gasteiger partial charge in [0.15, 0.2) is 0 Å². The van der Waals surface area contributed by atoms with Gasteiger partial charge in [-0.2, -0.15) is 0 Å². The van der Waals surface area contributed by atoms with Crippen molar-refractivity contribution in [1.29, 1.82) is 0 Å². The molecule has 4 heteroatoms. The average molecular weight is 222 g/mol. The van der Waals surface area contributed by atoms with Crippen molar-refractivity contribution < 1.29 is 0 Å². The maximum Gasteiger partial charge on any atom is 0.147 e. The lowest BCUT2D eigenvalue weighted by Gasteiger charge is -2.25. The van der Waals surface area contributed by atoms with Gasteiger partial charge in [-0.15, -0.1) is 0 Å². The van der Waals surface area contributed by atoms with Crippen molar-refractivity contribution in [3.05, 3.63) is 18.1 Å². The average Bonchev–Trinajstić information content (AvgIpc) is 2.30. The highest BCUT2D eigenvalue weighted by Gasteiger charge is 2.10. The highest BCUT2D eigenvalue weighted by Crippen LogP contribution is 2.13. The van der Waals surface area contributed by atoms with Gasteiger partial charge in [0.2, 0.25) is 0 Å². The molecular weight excluding hydrogens is 200 g/mol. The van der Waals surface area contributed by atoms with E-state index < -0.39 is 0 Å². The second-order valence-corrected chi connectivity index (χ2v) is 4.14. The summed E-state index contributed by atoms with van der Waals surface area (Å²) in [5.74, 6) is 0.945. The Morgan fingerprint density at radius 1 is 1.38 bits per heavy atom. The molecule has 1 aromatic rings. The Balaban J connectivity index is 2.65. The summed E-state index contributed by atoms with van der Waals surface area (Å²) in [5, 5.41) is 3.06. The van der Waals surface area contributed by atoms with Gasteiger partial charge in [-0.1, -0.05) is 13.3 Å². The molecule has 0 spiro atoms. The lowest BCUT2D eigenvalue weighted by Crippen LogP contribution is -2.29. The van der Waals surface area contributed by atoms with E-state index in [-0.39, 0.29) is 0 Å². The van der Waals surface area contributed by atoms with E-state index in [1.54, 1.807) is 0 Å². The van der Waals surface area contributed by atoms with E-state index in [4.69, 9.17) is 0 Å². The largest absolute Gasteiger partial charge is 0.356 e. The molecule has 16 heavy (non-hydrogen) atoms. The van der Waals surface area contributed by atoms with E-state index in [9.17, 15) is 0 Å². The van der Waals surface area contributed by atoms with Crippen LogP contribution in [0.4, 0.5) is 5.82 Å². The fourth-order valence-electron chi connectivity index (χ4n) is 1.64. The maximum absolute atomic E-state index is 4.42. The molecule has 0 aliphatic rings. The van der Waals surface area contributed by atoms with E-state index in [1.165, 1.54) is 12.8 Å². The van der Waals surface area contributed by atoms with Crippen LogP contribution in [0.1, 0.15) is 32.4 Å². The Bertz CT molecular complexity index is 296. The van der Waals surface area contributed by atoms with Gasteiger partial charge in [0.25, 0.3) is 0 Å². The summed E-state index contributed by atoms with van der Waals surface area (Å²) in [5.41, 5.74) is 0.975. The van der Waals surface area contributed by atoms with Crippen LogP contribution < -0.4 is 10.2 Å². The van der Waals surface area contributed by atoms with Crippen LogP contribution in [0.5, 0.6) is 0 Å². The molecule has 0 amide bonds.